The first-order valence-electron chi connectivity index (χ1n) is 14.7. The van der Waals surface area contributed by atoms with Gasteiger partial charge in [-0.25, -0.2) is 4.79 Å². The predicted molar refractivity (Wildman–Crippen MR) is 136 cm³/mol. The lowest BCUT2D eigenvalue weighted by Crippen LogP contribution is -2.64. The van der Waals surface area contributed by atoms with Crippen LogP contribution in [0.2, 0.25) is 0 Å². The molecular weight excluding hydrogens is 508 g/mol. The highest BCUT2D eigenvalue weighted by atomic mass is 16.7. The Morgan fingerprint density at radius 2 is 1.77 bits per heavy atom. The minimum Gasteiger partial charge on any atom is -0.458 e. The van der Waals surface area contributed by atoms with E-state index in [0.29, 0.717) is 25.9 Å². The van der Waals surface area contributed by atoms with E-state index < -0.39 is 42.9 Å². The molecule has 6 N–H and O–H groups in total. The molecule has 4 aliphatic carbocycles. The van der Waals surface area contributed by atoms with Crippen molar-refractivity contribution >= 4 is 5.97 Å². The largest absolute Gasteiger partial charge is 0.458 e. The summed E-state index contributed by atoms with van der Waals surface area (Å²) in [5.41, 5.74) is -0.502. The first-order valence-corrected chi connectivity index (χ1v) is 14.7. The van der Waals surface area contributed by atoms with Crippen LogP contribution in [-0.2, 0) is 19.0 Å². The average molecular weight is 553 g/mol. The molecule has 10 nitrogen and oxygen atoms in total. The Balaban J connectivity index is 1.18. The molecule has 0 aromatic rings. The van der Waals surface area contributed by atoms with Gasteiger partial charge in [-0.1, -0.05) is 6.92 Å². The quantitative estimate of drug-likeness (QED) is 0.208. The van der Waals surface area contributed by atoms with E-state index in [9.17, 15) is 35.4 Å². The van der Waals surface area contributed by atoms with E-state index in [1.54, 1.807) is 6.08 Å². The zero-order valence-electron chi connectivity index (χ0n) is 22.7. The van der Waals surface area contributed by atoms with Gasteiger partial charge in [0.15, 0.2) is 6.29 Å². The van der Waals surface area contributed by atoms with Gasteiger partial charge < -0.3 is 44.8 Å². The predicted octanol–water partition coefficient (Wildman–Crippen LogP) is 0.401. The third-order valence-electron chi connectivity index (χ3n) is 12.1. The lowest BCUT2D eigenvalue weighted by molar-refractivity contribution is -0.317. The SMILES string of the molecule is C[C@]12CC[C@H]3[C@@H](CC[C@@H]4C[C@@H](O[C@@H]5O[C@H](CO)[C@@H](O)[C@H](O)[C@H]5O)CC[C@@]43CO)[C@]1(O)CC[C@@H]2C1=CC(=O)OC1. The number of rotatable bonds is 5. The average Bonchev–Trinajstić information content (AvgIpc) is 3.48. The smallest absolute Gasteiger partial charge is 0.331 e. The summed E-state index contributed by atoms with van der Waals surface area (Å²) in [6, 6.07) is 0. The fraction of sp³-hybridized carbons (Fsp3) is 0.897. The first-order chi connectivity index (χ1) is 18.6. The molecule has 0 bridgehead atoms. The lowest BCUT2D eigenvalue weighted by atomic mass is 9.43. The first kappa shape index (κ1) is 28.0. The van der Waals surface area contributed by atoms with Crippen molar-refractivity contribution in [3.8, 4) is 0 Å². The summed E-state index contributed by atoms with van der Waals surface area (Å²) in [5, 5.41) is 63.5. The van der Waals surface area contributed by atoms with E-state index in [-0.39, 0.29) is 53.2 Å². The molecule has 4 saturated carbocycles. The number of cyclic esters (lactones) is 1. The van der Waals surface area contributed by atoms with Gasteiger partial charge in [0.25, 0.3) is 0 Å². The fourth-order valence-electron chi connectivity index (χ4n) is 9.97. The van der Waals surface area contributed by atoms with Crippen LogP contribution >= 0.6 is 0 Å². The third-order valence-corrected chi connectivity index (χ3v) is 12.1. The molecule has 0 spiro atoms. The second kappa shape index (κ2) is 10.0. The van der Waals surface area contributed by atoms with Crippen LogP contribution in [0.3, 0.4) is 0 Å². The number of carbonyl (C=O) groups is 1. The molecule has 0 aromatic heterocycles. The molecule has 6 aliphatic rings. The Kier molecular flexibility index (Phi) is 7.20. The second-order valence-corrected chi connectivity index (χ2v) is 13.4. The highest BCUT2D eigenvalue weighted by Crippen LogP contribution is 2.70. The van der Waals surface area contributed by atoms with E-state index in [4.69, 9.17) is 14.2 Å². The number of hydrogen-bond donors (Lipinski definition) is 6. The summed E-state index contributed by atoms with van der Waals surface area (Å²) in [6.45, 7) is 2.06. The van der Waals surface area contributed by atoms with Gasteiger partial charge in [0.2, 0.25) is 0 Å². The van der Waals surface area contributed by atoms with Gasteiger partial charge in [-0.15, -0.1) is 0 Å². The molecule has 10 heteroatoms. The van der Waals surface area contributed by atoms with Crippen LogP contribution in [0.4, 0.5) is 0 Å². The monoisotopic (exact) mass is 552 g/mol. The van der Waals surface area contributed by atoms with Crippen molar-refractivity contribution in [2.24, 2.45) is 34.5 Å². The van der Waals surface area contributed by atoms with Crippen LogP contribution in [0, 0.1) is 34.5 Å². The maximum Gasteiger partial charge on any atom is 0.331 e. The molecule has 0 aromatic carbocycles. The minimum atomic E-state index is -1.48. The van der Waals surface area contributed by atoms with Crippen molar-refractivity contribution in [3.05, 3.63) is 11.6 Å². The molecule has 0 amide bonds. The summed E-state index contributed by atoms with van der Waals surface area (Å²) in [7, 11) is 0. The normalized spacial score (nSPS) is 53.4. The Morgan fingerprint density at radius 1 is 0.974 bits per heavy atom. The van der Waals surface area contributed by atoms with Crippen LogP contribution in [0.25, 0.3) is 0 Å². The summed E-state index contributed by atoms with van der Waals surface area (Å²) < 4.78 is 16.9. The minimum absolute atomic E-state index is 0.0509. The molecule has 2 aliphatic heterocycles. The molecule has 220 valence electrons. The highest BCUT2D eigenvalue weighted by Gasteiger charge is 2.68. The molecule has 0 radical (unpaired) electrons. The van der Waals surface area contributed by atoms with Crippen molar-refractivity contribution in [2.45, 2.75) is 107 Å². The molecule has 13 atom stereocenters. The molecule has 0 unspecified atom stereocenters. The molecule has 6 rings (SSSR count). The Bertz CT molecular complexity index is 985. The molecule has 39 heavy (non-hydrogen) atoms. The Labute approximate surface area is 229 Å². The summed E-state index contributed by atoms with van der Waals surface area (Å²) in [4.78, 5) is 11.8. The van der Waals surface area contributed by atoms with Gasteiger partial charge in [-0.3, -0.25) is 0 Å². The van der Waals surface area contributed by atoms with E-state index in [1.807, 2.05) is 0 Å². The van der Waals surface area contributed by atoms with Gasteiger partial charge in [-0.05, 0) is 92.4 Å². The van der Waals surface area contributed by atoms with Crippen molar-refractivity contribution in [2.75, 3.05) is 19.8 Å². The molecule has 5 fully saturated rings. The van der Waals surface area contributed by atoms with Gasteiger partial charge >= 0.3 is 5.97 Å². The van der Waals surface area contributed by atoms with Crippen molar-refractivity contribution in [1.82, 2.24) is 0 Å². The Hall–Kier alpha value is -1.11. The number of ether oxygens (including phenoxy) is 3. The highest BCUT2D eigenvalue weighted by molar-refractivity contribution is 5.85. The molecule has 1 saturated heterocycles. The van der Waals surface area contributed by atoms with Gasteiger partial charge in [0.1, 0.15) is 31.0 Å². The third kappa shape index (κ3) is 4.08. The topological polar surface area (TPSA) is 166 Å². The van der Waals surface area contributed by atoms with E-state index >= 15 is 0 Å². The number of aliphatic hydroxyl groups is 6. The summed E-state index contributed by atoms with van der Waals surface area (Å²) in [5.74, 6) is 0.273. The van der Waals surface area contributed by atoms with Crippen LogP contribution in [0.5, 0.6) is 0 Å². The Morgan fingerprint density at radius 3 is 2.46 bits per heavy atom. The lowest BCUT2D eigenvalue weighted by Gasteiger charge is -2.64. The van der Waals surface area contributed by atoms with E-state index in [0.717, 1.165) is 44.1 Å². The maximum absolute atomic E-state index is 12.4. The zero-order valence-corrected chi connectivity index (χ0v) is 22.7. The maximum atomic E-state index is 12.4. The van der Waals surface area contributed by atoms with Crippen LogP contribution in [0.15, 0.2) is 11.6 Å². The van der Waals surface area contributed by atoms with Gasteiger partial charge in [-0.2, -0.15) is 0 Å². The van der Waals surface area contributed by atoms with E-state index in [2.05, 4.69) is 6.92 Å². The number of hydrogen-bond acceptors (Lipinski definition) is 10. The van der Waals surface area contributed by atoms with E-state index in [1.165, 1.54) is 0 Å². The standard InChI is InChI=1S/C29H44O10/c1-27-7-5-19-20(29(27,36)9-6-18(27)15-10-22(32)37-13-15)3-2-16-11-17(4-8-28(16,19)14-31)38-26-25(35)24(34)23(33)21(12-30)39-26/h10,16-21,23-26,30-31,33-36H,2-9,11-14H2,1H3/t16-,17+,18-,19+,20-,21-,23-,24+,25-,26-,27-,28-,29-/m1/s1. The number of fused-ring (bicyclic) bond motifs is 5. The van der Waals surface area contributed by atoms with Crippen molar-refractivity contribution in [3.63, 3.8) is 0 Å². The second-order valence-electron chi connectivity index (χ2n) is 13.4. The summed E-state index contributed by atoms with van der Waals surface area (Å²) >= 11 is 0. The zero-order chi connectivity index (χ0) is 27.7. The summed E-state index contributed by atoms with van der Waals surface area (Å²) in [6.07, 6.45) is 1.88. The van der Waals surface area contributed by atoms with Crippen molar-refractivity contribution in [1.29, 1.82) is 0 Å². The van der Waals surface area contributed by atoms with Crippen LogP contribution in [0.1, 0.15) is 64.7 Å². The molecular formula is C29H44O10. The van der Waals surface area contributed by atoms with Crippen LogP contribution < -0.4 is 0 Å². The van der Waals surface area contributed by atoms with Crippen LogP contribution in [-0.4, -0.2) is 98.8 Å². The van der Waals surface area contributed by atoms with Crippen molar-refractivity contribution < 1.29 is 49.6 Å². The van der Waals surface area contributed by atoms with Gasteiger partial charge in [0, 0.05) is 18.1 Å². The van der Waals surface area contributed by atoms with Gasteiger partial charge in [0.05, 0.1) is 18.3 Å². The number of aliphatic hydroxyl groups excluding tert-OH is 5. The molecule has 2 heterocycles. The number of esters is 1. The fourth-order valence-corrected chi connectivity index (χ4v) is 9.97. The number of carbonyl (C=O) groups excluding carboxylic acids is 1.